The standard InChI is InChI=1S/C16H15N3OS/c1-9-4-3-5-10(2)11(9)6-13(20)12-7-21-15-14(12)18-8-19-16(15)17/h3-5,7-8H,6H2,1-2H3,(H2,17,18,19). The average Bonchev–Trinajstić information content (AvgIpc) is 2.88. The number of hydrogen-bond donors (Lipinski definition) is 1. The van der Waals surface area contributed by atoms with Gasteiger partial charge < -0.3 is 5.73 Å². The van der Waals surface area contributed by atoms with Gasteiger partial charge in [0.1, 0.15) is 12.1 Å². The van der Waals surface area contributed by atoms with E-state index in [0.29, 0.717) is 23.3 Å². The molecule has 3 rings (SSSR count). The summed E-state index contributed by atoms with van der Waals surface area (Å²) in [5, 5.41) is 1.83. The number of thiophene rings is 1. The fraction of sp³-hybridized carbons (Fsp3) is 0.188. The van der Waals surface area contributed by atoms with Crippen LogP contribution >= 0.6 is 11.3 Å². The number of nitrogen functional groups attached to an aromatic ring is 1. The van der Waals surface area contributed by atoms with Gasteiger partial charge in [0, 0.05) is 11.8 Å². The first-order chi connectivity index (χ1) is 10.1. The first-order valence-corrected chi connectivity index (χ1v) is 7.52. The zero-order chi connectivity index (χ0) is 15.0. The smallest absolute Gasteiger partial charge is 0.170 e. The highest BCUT2D eigenvalue weighted by atomic mass is 32.1. The third-order valence-electron chi connectivity index (χ3n) is 3.66. The normalized spacial score (nSPS) is 11.0. The van der Waals surface area contributed by atoms with Crippen molar-refractivity contribution in [1.29, 1.82) is 0 Å². The summed E-state index contributed by atoms with van der Waals surface area (Å²) < 4.78 is 0.780. The number of benzene rings is 1. The number of carbonyl (C=O) groups is 1. The van der Waals surface area contributed by atoms with Crippen molar-refractivity contribution < 1.29 is 4.79 Å². The summed E-state index contributed by atoms with van der Waals surface area (Å²) in [5.74, 6) is 0.493. The van der Waals surface area contributed by atoms with Crippen molar-refractivity contribution in [3.63, 3.8) is 0 Å². The van der Waals surface area contributed by atoms with E-state index in [4.69, 9.17) is 5.73 Å². The largest absolute Gasteiger partial charge is 0.382 e. The third kappa shape index (κ3) is 2.40. The van der Waals surface area contributed by atoms with Crippen LogP contribution in [0.3, 0.4) is 0 Å². The third-order valence-corrected chi connectivity index (χ3v) is 4.66. The Morgan fingerprint density at radius 3 is 2.67 bits per heavy atom. The molecule has 0 bridgehead atoms. The number of hydrogen-bond acceptors (Lipinski definition) is 5. The molecule has 0 saturated carbocycles. The zero-order valence-electron chi connectivity index (χ0n) is 11.9. The van der Waals surface area contributed by atoms with Gasteiger partial charge in [0.15, 0.2) is 5.78 Å². The van der Waals surface area contributed by atoms with E-state index >= 15 is 0 Å². The van der Waals surface area contributed by atoms with Crippen LogP contribution in [-0.2, 0) is 6.42 Å². The van der Waals surface area contributed by atoms with Crippen LogP contribution in [0.4, 0.5) is 5.82 Å². The summed E-state index contributed by atoms with van der Waals surface area (Å²) in [6.07, 6.45) is 1.79. The van der Waals surface area contributed by atoms with Crippen LogP contribution in [0.25, 0.3) is 10.2 Å². The number of aromatic nitrogens is 2. The topological polar surface area (TPSA) is 68.9 Å². The lowest BCUT2D eigenvalue weighted by atomic mass is 9.96. The Bertz CT molecular complexity index is 818. The SMILES string of the molecule is Cc1cccc(C)c1CC(=O)c1csc2c(N)ncnc12. The summed E-state index contributed by atoms with van der Waals surface area (Å²) in [4.78, 5) is 20.8. The molecule has 2 N–H and O–H groups in total. The number of rotatable bonds is 3. The second-order valence-corrected chi connectivity index (χ2v) is 5.94. The average molecular weight is 297 g/mol. The zero-order valence-corrected chi connectivity index (χ0v) is 12.7. The van der Waals surface area contributed by atoms with E-state index in [2.05, 4.69) is 9.97 Å². The van der Waals surface area contributed by atoms with Crippen molar-refractivity contribution in [3.8, 4) is 0 Å². The molecule has 0 aliphatic carbocycles. The van der Waals surface area contributed by atoms with Crippen molar-refractivity contribution in [3.05, 3.63) is 52.2 Å². The fourth-order valence-electron chi connectivity index (χ4n) is 2.45. The van der Waals surface area contributed by atoms with E-state index < -0.39 is 0 Å². The molecule has 0 atom stereocenters. The summed E-state index contributed by atoms with van der Waals surface area (Å²) in [6.45, 7) is 4.06. The lowest BCUT2D eigenvalue weighted by Crippen LogP contribution is -2.06. The number of anilines is 1. The molecule has 106 valence electrons. The fourth-order valence-corrected chi connectivity index (χ4v) is 3.38. The van der Waals surface area contributed by atoms with Gasteiger partial charge in [0.05, 0.1) is 15.8 Å². The summed E-state index contributed by atoms with van der Waals surface area (Å²) in [5.41, 5.74) is 10.5. The molecule has 5 heteroatoms. The highest BCUT2D eigenvalue weighted by molar-refractivity contribution is 7.18. The highest BCUT2D eigenvalue weighted by Gasteiger charge is 2.17. The van der Waals surface area contributed by atoms with Crippen molar-refractivity contribution in [1.82, 2.24) is 9.97 Å². The lowest BCUT2D eigenvalue weighted by molar-refractivity contribution is 0.0994. The Balaban J connectivity index is 2.00. The number of fused-ring (bicyclic) bond motifs is 1. The molecule has 0 aliphatic rings. The summed E-state index contributed by atoms with van der Waals surface area (Å²) in [6, 6.07) is 6.07. The molecule has 2 heterocycles. The van der Waals surface area contributed by atoms with Crippen LogP contribution in [0.2, 0.25) is 0 Å². The van der Waals surface area contributed by atoms with E-state index in [1.165, 1.54) is 17.7 Å². The van der Waals surface area contributed by atoms with E-state index in [-0.39, 0.29) is 5.78 Å². The van der Waals surface area contributed by atoms with Crippen LogP contribution < -0.4 is 5.73 Å². The van der Waals surface area contributed by atoms with Gasteiger partial charge in [-0.2, -0.15) is 0 Å². The van der Waals surface area contributed by atoms with Crippen molar-refractivity contribution in [2.45, 2.75) is 20.3 Å². The lowest BCUT2D eigenvalue weighted by Gasteiger charge is -2.08. The van der Waals surface area contributed by atoms with Crippen LogP contribution in [-0.4, -0.2) is 15.8 Å². The van der Waals surface area contributed by atoms with Gasteiger partial charge in [-0.25, -0.2) is 9.97 Å². The van der Waals surface area contributed by atoms with Gasteiger partial charge in [-0.1, -0.05) is 18.2 Å². The molecular formula is C16H15N3OS. The van der Waals surface area contributed by atoms with Crippen LogP contribution in [0.1, 0.15) is 27.0 Å². The first kappa shape index (κ1) is 13.7. The molecule has 0 fully saturated rings. The van der Waals surface area contributed by atoms with Gasteiger partial charge in [-0.15, -0.1) is 11.3 Å². The first-order valence-electron chi connectivity index (χ1n) is 6.64. The molecule has 0 spiro atoms. The van der Waals surface area contributed by atoms with Crippen LogP contribution in [0, 0.1) is 13.8 Å². The van der Waals surface area contributed by atoms with E-state index in [1.54, 1.807) is 0 Å². The molecule has 3 aromatic rings. The Hall–Kier alpha value is -2.27. The molecule has 0 radical (unpaired) electrons. The van der Waals surface area contributed by atoms with Gasteiger partial charge in [0.25, 0.3) is 0 Å². The molecule has 2 aromatic heterocycles. The maximum atomic E-state index is 12.6. The van der Waals surface area contributed by atoms with Gasteiger partial charge in [-0.05, 0) is 30.5 Å². The summed E-state index contributed by atoms with van der Waals surface area (Å²) in [7, 11) is 0. The number of aryl methyl sites for hydroxylation is 2. The summed E-state index contributed by atoms with van der Waals surface area (Å²) >= 11 is 1.42. The molecule has 0 aliphatic heterocycles. The molecular weight excluding hydrogens is 282 g/mol. The maximum absolute atomic E-state index is 12.6. The predicted octanol–water partition coefficient (Wildman–Crippen LogP) is 3.32. The Labute approximate surface area is 126 Å². The number of Topliss-reactive ketones (excluding diaryl/α,β-unsaturated/α-hetero) is 1. The van der Waals surface area contributed by atoms with Crippen LogP contribution in [0.5, 0.6) is 0 Å². The second kappa shape index (κ2) is 5.26. The molecule has 0 amide bonds. The van der Waals surface area contributed by atoms with Crippen molar-refractivity contribution in [2.24, 2.45) is 0 Å². The maximum Gasteiger partial charge on any atom is 0.170 e. The van der Waals surface area contributed by atoms with E-state index in [9.17, 15) is 4.79 Å². The van der Waals surface area contributed by atoms with Crippen molar-refractivity contribution >= 4 is 33.2 Å². The quantitative estimate of drug-likeness (QED) is 0.753. The predicted molar refractivity (Wildman–Crippen MR) is 85.8 cm³/mol. The second-order valence-electron chi connectivity index (χ2n) is 5.06. The van der Waals surface area contributed by atoms with Crippen LogP contribution in [0.15, 0.2) is 29.9 Å². The molecule has 0 saturated heterocycles. The highest BCUT2D eigenvalue weighted by Crippen LogP contribution is 2.28. The minimum absolute atomic E-state index is 0.0664. The Morgan fingerprint density at radius 2 is 1.95 bits per heavy atom. The van der Waals surface area contributed by atoms with E-state index in [1.807, 2.05) is 37.4 Å². The van der Waals surface area contributed by atoms with Gasteiger partial charge >= 0.3 is 0 Å². The molecule has 21 heavy (non-hydrogen) atoms. The monoisotopic (exact) mass is 297 g/mol. The minimum Gasteiger partial charge on any atom is -0.382 e. The van der Waals surface area contributed by atoms with Crippen molar-refractivity contribution in [2.75, 3.05) is 5.73 Å². The molecule has 1 aromatic carbocycles. The Kier molecular flexibility index (Phi) is 3.43. The number of nitrogens with zero attached hydrogens (tertiary/aromatic N) is 2. The number of nitrogens with two attached hydrogens (primary N) is 1. The number of ketones is 1. The minimum atomic E-state index is 0.0664. The van der Waals surface area contributed by atoms with Gasteiger partial charge in [0.2, 0.25) is 0 Å². The van der Waals surface area contributed by atoms with Gasteiger partial charge in [-0.3, -0.25) is 4.79 Å². The van der Waals surface area contributed by atoms with E-state index in [0.717, 1.165) is 21.4 Å². The molecule has 0 unspecified atom stereocenters. The Morgan fingerprint density at radius 1 is 1.24 bits per heavy atom. The molecule has 4 nitrogen and oxygen atoms in total. The number of carbonyl (C=O) groups excluding carboxylic acids is 1.